The van der Waals surface area contributed by atoms with Crippen LogP contribution in [0.5, 0.6) is 0 Å². The molecular weight excluding hydrogens is 206 g/mol. The molecule has 2 nitrogen and oxygen atoms in total. The molecule has 0 amide bonds. The number of thiazole rings is 1. The van der Waals surface area contributed by atoms with Crippen LogP contribution in [0.1, 0.15) is 21.1 Å². The third-order valence-corrected chi connectivity index (χ3v) is 3.04. The molecule has 1 heterocycles. The number of ketones is 1. The summed E-state index contributed by atoms with van der Waals surface area (Å²) in [6.45, 7) is 1.94. The van der Waals surface area contributed by atoms with Crippen LogP contribution in [0.2, 0.25) is 0 Å². The van der Waals surface area contributed by atoms with E-state index >= 15 is 0 Å². The highest BCUT2D eigenvalue weighted by Gasteiger charge is 2.08. The molecule has 0 fully saturated rings. The van der Waals surface area contributed by atoms with Crippen LogP contribution in [0.3, 0.4) is 0 Å². The molecule has 2 rings (SSSR count). The second-order valence-electron chi connectivity index (χ2n) is 3.35. The van der Waals surface area contributed by atoms with Gasteiger partial charge in [0.05, 0.1) is 6.42 Å². The SMILES string of the molecule is Cc1csc(CC(=O)c2ccccc2)n1. The van der Waals surface area contributed by atoms with Gasteiger partial charge in [-0.3, -0.25) is 4.79 Å². The third kappa shape index (κ3) is 2.50. The van der Waals surface area contributed by atoms with Crippen molar-refractivity contribution in [2.24, 2.45) is 0 Å². The van der Waals surface area contributed by atoms with E-state index in [9.17, 15) is 4.79 Å². The first-order chi connectivity index (χ1) is 7.25. The number of nitrogens with zero attached hydrogens (tertiary/aromatic N) is 1. The van der Waals surface area contributed by atoms with E-state index < -0.39 is 0 Å². The number of Topliss-reactive ketones (excluding diaryl/α,β-unsaturated/α-hetero) is 1. The lowest BCUT2D eigenvalue weighted by atomic mass is 10.1. The first-order valence-electron chi connectivity index (χ1n) is 4.75. The van der Waals surface area contributed by atoms with Gasteiger partial charge < -0.3 is 0 Å². The molecule has 0 aliphatic carbocycles. The summed E-state index contributed by atoms with van der Waals surface area (Å²) in [5, 5.41) is 2.86. The lowest BCUT2D eigenvalue weighted by molar-refractivity contribution is 0.0993. The smallest absolute Gasteiger partial charge is 0.169 e. The van der Waals surface area contributed by atoms with E-state index in [2.05, 4.69) is 4.98 Å². The Hall–Kier alpha value is -1.48. The lowest BCUT2D eigenvalue weighted by Gasteiger charge is -1.97. The van der Waals surface area contributed by atoms with Crippen LogP contribution in [0.25, 0.3) is 0 Å². The van der Waals surface area contributed by atoms with Gasteiger partial charge in [0.1, 0.15) is 5.01 Å². The van der Waals surface area contributed by atoms with Crippen LogP contribution in [0.4, 0.5) is 0 Å². The molecule has 0 bridgehead atoms. The van der Waals surface area contributed by atoms with Crippen molar-refractivity contribution in [1.29, 1.82) is 0 Å². The molecule has 0 aliphatic heterocycles. The second kappa shape index (κ2) is 4.36. The highest BCUT2D eigenvalue weighted by atomic mass is 32.1. The summed E-state index contributed by atoms with van der Waals surface area (Å²) in [5.41, 5.74) is 1.74. The lowest BCUT2D eigenvalue weighted by Crippen LogP contribution is -2.02. The van der Waals surface area contributed by atoms with E-state index in [1.165, 1.54) is 0 Å². The van der Waals surface area contributed by atoms with Gasteiger partial charge in [-0.05, 0) is 6.92 Å². The highest BCUT2D eigenvalue weighted by molar-refractivity contribution is 7.09. The minimum Gasteiger partial charge on any atom is -0.294 e. The molecule has 15 heavy (non-hydrogen) atoms. The Morgan fingerprint density at radius 1 is 1.33 bits per heavy atom. The Morgan fingerprint density at radius 2 is 2.07 bits per heavy atom. The van der Waals surface area contributed by atoms with Crippen molar-refractivity contribution in [2.45, 2.75) is 13.3 Å². The highest BCUT2D eigenvalue weighted by Crippen LogP contribution is 2.12. The molecule has 0 spiro atoms. The van der Waals surface area contributed by atoms with Crippen molar-refractivity contribution < 1.29 is 4.79 Å². The van der Waals surface area contributed by atoms with Crippen molar-refractivity contribution >= 4 is 17.1 Å². The van der Waals surface area contributed by atoms with E-state index in [4.69, 9.17) is 0 Å². The van der Waals surface area contributed by atoms with Crippen LogP contribution >= 0.6 is 11.3 Å². The zero-order valence-electron chi connectivity index (χ0n) is 8.43. The van der Waals surface area contributed by atoms with Gasteiger partial charge in [-0.1, -0.05) is 30.3 Å². The van der Waals surface area contributed by atoms with Gasteiger partial charge >= 0.3 is 0 Å². The van der Waals surface area contributed by atoms with Crippen molar-refractivity contribution in [2.75, 3.05) is 0 Å². The molecular formula is C12H11NOS. The Balaban J connectivity index is 2.11. The molecule has 1 aromatic carbocycles. The summed E-state index contributed by atoms with van der Waals surface area (Å²) >= 11 is 1.54. The summed E-state index contributed by atoms with van der Waals surface area (Å²) in [6, 6.07) is 9.33. The Labute approximate surface area is 92.6 Å². The molecule has 3 heteroatoms. The van der Waals surface area contributed by atoms with Gasteiger partial charge in [0.2, 0.25) is 0 Å². The van der Waals surface area contributed by atoms with Crippen molar-refractivity contribution in [3.8, 4) is 0 Å². The topological polar surface area (TPSA) is 30.0 Å². The predicted octanol–water partition coefficient (Wildman–Crippen LogP) is 2.88. The fraction of sp³-hybridized carbons (Fsp3) is 0.167. The largest absolute Gasteiger partial charge is 0.294 e. The molecule has 0 radical (unpaired) electrons. The predicted molar refractivity (Wildman–Crippen MR) is 61.3 cm³/mol. The maximum Gasteiger partial charge on any atom is 0.169 e. The van der Waals surface area contributed by atoms with E-state index in [0.29, 0.717) is 6.42 Å². The van der Waals surface area contributed by atoms with Gasteiger partial charge in [-0.2, -0.15) is 0 Å². The number of rotatable bonds is 3. The molecule has 1 aromatic heterocycles. The third-order valence-electron chi connectivity index (χ3n) is 2.07. The van der Waals surface area contributed by atoms with Gasteiger partial charge in [-0.25, -0.2) is 4.98 Å². The molecule has 0 atom stereocenters. The average molecular weight is 217 g/mol. The van der Waals surface area contributed by atoms with Crippen LogP contribution in [-0.4, -0.2) is 10.8 Å². The molecule has 0 N–H and O–H groups in total. The zero-order valence-corrected chi connectivity index (χ0v) is 9.25. The maximum absolute atomic E-state index is 11.8. The summed E-state index contributed by atoms with van der Waals surface area (Å²) in [5.74, 6) is 0.130. The van der Waals surface area contributed by atoms with Gasteiger partial charge in [0.15, 0.2) is 5.78 Å². The number of carbonyl (C=O) groups is 1. The van der Waals surface area contributed by atoms with Crippen LogP contribution in [0.15, 0.2) is 35.7 Å². The van der Waals surface area contributed by atoms with Gasteiger partial charge in [-0.15, -0.1) is 11.3 Å². The zero-order chi connectivity index (χ0) is 10.7. The Morgan fingerprint density at radius 3 is 2.67 bits per heavy atom. The van der Waals surface area contributed by atoms with Gasteiger partial charge in [0.25, 0.3) is 0 Å². The standard InChI is InChI=1S/C12H11NOS/c1-9-8-15-12(13-9)7-11(14)10-5-3-2-4-6-10/h2-6,8H,7H2,1H3. The summed E-state index contributed by atoms with van der Waals surface area (Å²) in [4.78, 5) is 16.1. The fourth-order valence-electron chi connectivity index (χ4n) is 1.35. The second-order valence-corrected chi connectivity index (χ2v) is 4.29. The minimum absolute atomic E-state index is 0.130. The number of hydrogen-bond donors (Lipinski definition) is 0. The van der Waals surface area contributed by atoms with Gasteiger partial charge in [0, 0.05) is 16.6 Å². The van der Waals surface area contributed by atoms with E-state index in [-0.39, 0.29) is 5.78 Å². The minimum atomic E-state index is 0.130. The first-order valence-corrected chi connectivity index (χ1v) is 5.63. The summed E-state index contributed by atoms with van der Waals surface area (Å²) in [6.07, 6.45) is 0.405. The number of aromatic nitrogens is 1. The molecule has 0 saturated carbocycles. The Kier molecular flexibility index (Phi) is 2.92. The van der Waals surface area contributed by atoms with E-state index in [1.807, 2.05) is 42.6 Å². The van der Waals surface area contributed by atoms with Crippen LogP contribution in [-0.2, 0) is 6.42 Å². The van der Waals surface area contributed by atoms with Crippen molar-refractivity contribution in [3.05, 3.63) is 52.0 Å². The monoisotopic (exact) mass is 217 g/mol. The number of carbonyl (C=O) groups excluding carboxylic acids is 1. The molecule has 0 aliphatic rings. The summed E-state index contributed by atoms with van der Waals surface area (Å²) < 4.78 is 0. The van der Waals surface area contributed by atoms with Crippen LogP contribution in [0, 0.1) is 6.92 Å². The Bertz CT molecular complexity index is 461. The van der Waals surface area contributed by atoms with E-state index in [0.717, 1.165) is 16.3 Å². The first kappa shape index (κ1) is 10.1. The average Bonchev–Trinajstić information content (AvgIpc) is 2.65. The van der Waals surface area contributed by atoms with Crippen molar-refractivity contribution in [3.63, 3.8) is 0 Å². The number of aryl methyl sites for hydroxylation is 1. The molecule has 0 saturated heterocycles. The maximum atomic E-state index is 11.8. The van der Waals surface area contributed by atoms with Crippen LogP contribution < -0.4 is 0 Å². The quantitative estimate of drug-likeness (QED) is 0.740. The molecule has 2 aromatic rings. The fourth-order valence-corrected chi connectivity index (χ4v) is 2.12. The number of benzene rings is 1. The van der Waals surface area contributed by atoms with Crippen molar-refractivity contribution in [1.82, 2.24) is 4.98 Å². The van der Waals surface area contributed by atoms with E-state index in [1.54, 1.807) is 11.3 Å². The molecule has 76 valence electrons. The summed E-state index contributed by atoms with van der Waals surface area (Å²) in [7, 11) is 0. The normalized spacial score (nSPS) is 10.2. The number of hydrogen-bond acceptors (Lipinski definition) is 3. The molecule has 0 unspecified atom stereocenters.